The number of piperidine rings is 1. The largest absolute Gasteiger partial charge is 0.483 e. The Labute approximate surface area is 254 Å². The van der Waals surface area contributed by atoms with Crippen LogP contribution in [0.2, 0.25) is 0 Å². The summed E-state index contributed by atoms with van der Waals surface area (Å²) in [7, 11) is 0. The standard InChI is InChI=1S/C30H35N5O7S/c1-4-32(5-2)23-10-9-21(25(17-23)42-19-27(36)31-22-7-6-8-24(16-22)35(40)41)15-26-29(38)34(30(39)43-26)18-28(37)33-13-11-20(3)12-14-33/h6-10,15-17,20H,4-5,11-14,18-19H2,1-3H3,(H,31,36)/b26-15+. The van der Waals surface area contributed by atoms with Gasteiger partial charge in [0.25, 0.3) is 22.7 Å². The first-order valence-corrected chi connectivity index (χ1v) is 15.0. The van der Waals surface area contributed by atoms with Gasteiger partial charge in [-0.1, -0.05) is 13.0 Å². The molecular weight excluding hydrogens is 574 g/mol. The van der Waals surface area contributed by atoms with Gasteiger partial charge in [0.05, 0.1) is 9.83 Å². The summed E-state index contributed by atoms with van der Waals surface area (Å²) in [6.07, 6.45) is 3.31. The van der Waals surface area contributed by atoms with Crippen molar-refractivity contribution in [2.75, 3.05) is 49.5 Å². The molecule has 228 valence electrons. The number of nitro groups is 1. The highest BCUT2D eigenvalue weighted by molar-refractivity contribution is 8.18. The van der Waals surface area contributed by atoms with Crippen molar-refractivity contribution in [3.05, 3.63) is 63.0 Å². The van der Waals surface area contributed by atoms with Gasteiger partial charge >= 0.3 is 0 Å². The van der Waals surface area contributed by atoms with Crippen molar-refractivity contribution >= 4 is 57.9 Å². The van der Waals surface area contributed by atoms with Crippen molar-refractivity contribution in [3.63, 3.8) is 0 Å². The van der Waals surface area contributed by atoms with Gasteiger partial charge in [0.15, 0.2) is 6.61 Å². The number of carbonyl (C=O) groups is 4. The zero-order valence-electron chi connectivity index (χ0n) is 24.4. The molecule has 0 aromatic heterocycles. The molecule has 13 heteroatoms. The maximum absolute atomic E-state index is 13.2. The van der Waals surface area contributed by atoms with Crippen LogP contribution >= 0.6 is 11.8 Å². The third-order valence-corrected chi connectivity index (χ3v) is 8.32. The fourth-order valence-corrected chi connectivity index (χ4v) is 5.69. The quantitative estimate of drug-likeness (QED) is 0.217. The minimum absolute atomic E-state index is 0.145. The number of anilines is 2. The maximum Gasteiger partial charge on any atom is 0.294 e. The van der Waals surface area contributed by atoms with Gasteiger partial charge in [-0.2, -0.15) is 0 Å². The maximum atomic E-state index is 13.2. The zero-order chi connectivity index (χ0) is 31.1. The lowest BCUT2D eigenvalue weighted by Crippen LogP contribution is -2.45. The van der Waals surface area contributed by atoms with Crippen molar-refractivity contribution < 1.29 is 28.8 Å². The summed E-state index contributed by atoms with van der Waals surface area (Å²) in [6, 6.07) is 10.9. The van der Waals surface area contributed by atoms with E-state index in [1.165, 1.54) is 30.3 Å². The van der Waals surface area contributed by atoms with Crippen LogP contribution in [0, 0.1) is 16.0 Å². The number of amides is 4. The summed E-state index contributed by atoms with van der Waals surface area (Å²) in [5.74, 6) is -0.497. The van der Waals surface area contributed by atoms with E-state index in [1.54, 1.807) is 17.0 Å². The predicted molar refractivity (Wildman–Crippen MR) is 165 cm³/mol. The van der Waals surface area contributed by atoms with Crippen LogP contribution in [0.15, 0.2) is 47.4 Å². The fraction of sp³-hybridized carbons (Fsp3) is 0.400. The molecule has 2 aliphatic heterocycles. The number of likely N-dealkylation sites (tertiary alicyclic amines) is 1. The number of carbonyl (C=O) groups excluding carboxylic acids is 4. The van der Waals surface area contributed by atoms with Gasteiger partial charge < -0.3 is 19.9 Å². The summed E-state index contributed by atoms with van der Waals surface area (Å²) in [4.78, 5) is 66.8. The van der Waals surface area contributed by atoms with Crippen LogP contribution in [-0.4, -0.2) is 77.0 Å². The predicted octanol–water partition coefficient (Wildman–Crippen LogP) is 4.75. The van der Waals surface area contributed by atoms with Crippen LogP contribution in [0.25, 0.3) is 6.08 Å². The average molecular weight is 610 g/mol. The molecule has 2 aromatic carbocycles. The van der Waals surface area contributed by atoms with Crippen LogP contribution < -0.4 is 15.0 Å². The lowest BCUT2D eigenvalue weighted by molar-refractivity contribution is -0.384. The second-order valence-corrected chi connectivity index (χ2v) is 11.4. The molecule has 1 N–H and O–H groups in total. The van der Waals surface area contributed by atoms with Gasteiger partial charge in [-0.15, -0.1) is 0 Å². The topological polar surface area (TPSA) is 142 Å². The molecule has 0 atom stereocenters. The monoisotopic (exact) mass is 609 g/mol. The summed E-state index contributed by atoms with van der Waals surface area (Å²) in [5.41, 5.74) is 1.41. The smallest absolute Gasteiger partial charge is 0.294 e. The summed E-state index contributed by atoms with van der Waals surface area (Å²) >= 11 is 0.751. The summed E-state index contributed by atoms with van der Waals surface area (Å²) in [5, 5.41) is 13.1. The second-order valence-electron chi connectivity index (χ2n) is 10.4. The van der Waals surface area contributed by atoms with E-state index >= 15 is 0 Å². The molecule has 0 spiro atoms. The number of hydrogen-bond donors (Lipinski definition) is 1. The Morgan fingerprint density at radius 1 is 1.14 bits per heavy atom. The van der Waals surface area contributed by atoms with E-state index in [0.717, 1.165) is 48.3 Å². The SMILES string of the molecule is CCN(CC)c1ccc(/C=C2/SC(=O)N(CC(=O)N3CCC(C)CC3)C2=O)c(OCC(=O)Nc2cccc([N+](=O)[O-])c2)c1. The minimum atomic E-state index is -0.559. The van der Waals surface area contributed by atoms with Crippen molar-refractivity contribution in [1.29, 1.82) is 0 Å². The van der Waals surface area contributed by atoms with Crippen LogP contribution in [0.3, 0.4) is 0 Å². The van der Waals surface area contributed by atoms with Crippen molar-refractivity contribution in [1.82, 2.24) is 9.80 Å². The number of non-ortho nitro benzene ring substituents is 1. The molecule has 0 radical (unpaired) electrons. The number of benzene rings is 2. The van der Waals surface area contributed by atoms with E-state index in [0.29, 0.717) is 30.3 Å². The Morgan fingerprint density at radius 2 is 1.86 bits per heavy atom. The van der Waals surface area contributed by atoms with E-state index in [1.807, 2.05) is 19.9 Å². The first-order chi connectivity index (χ1) is 20.6. The lowest BCUT2D eigenvalue weighted by Gasteiger charge is -2.31. The molecule has 2 heterocycles. The number of ether oxygens (including phenoxy) is 1. The highest BCUT2D eigenvalue weighted by Gasteiger charge is 2.37. The Balaban J connectivity index is 1.51. The molecule has 12 nitrogen and oxygen atoms in total. The molecule has 43 heavy (non-hydrogen) atoms. The highest BCUT2D eigenvalue weighted by Crippen LogP contribution is 2.35. The van der Waals surface area contributed by atoms with Crippen LogP contribution in [0.5, 0.6) is 5.75 Å². The first kappa shape index (κ1) is 31.5. The number of nitrogens with zero attached hydrogens (tertiary/aromatic N) is 4. The minimum Gasteiger partial charge on any atom is -0.483 e. The molecule has 0 bridgehead atoms. The number of rotatable bonds is 11. The molecule has 2 fully saturated rings. The molecule has 4 amide bonds. The van der Waals surface area contributed by atoms with Crippen molar-refractivity contribution in [2.45, 2.75) is 33.6 Å². The zero-order valence-corrected chi connectivity index (χ0v) is 25.2. The van der Waals surface area contributed by atoms with Crippen LogP contribution in [0.4, 0.5) is 21.9 Å². The average Bonchev–Trinajstić information content (AvgIpc) is 3.25. The molecule has 2 saturated heterocycles. The van der Waals surface area contributed by atoms with E-state index in [4.69, 9.17) is 4.74 Å². The molecule has 4 rings (SSSR count). The van der Waals surface area contributed by atoms with Gasteiger partial charge in [-0.25, -0.2) is 0 Å². The van der Waals surface area contributed by atoms with Gasteiger partial charge in [0, 0.05) is 61.3 Å². The van der Waals surface area contributed by atoms with E-state index in [-0.39, 0.29) is 28.7 Å². The highest BCUT2D eigenvalue weighted by atomic mass is 32.2. The van der Waals surface area contributed by atoms with Gasteiger partial charge in [-0.3, -0.25) is 34.2 Å². The van der Waals surface area contributed by atoms with Gasteiger partial charge in [-0.05, 0) is 68.6 Å². The first-order valence-electron chi connectivity index (χ1n) is 14.2. The molecule has 0 aliphatic carbocycles. The number of thioether (sulfide) groups is 1. The van der Waals surface area contributed by atoms with Gasteiger partial charge in [0.2, 0.25) is 5.91 Å². The normalized spacial score (nSPS) is 16.5. The third kappa shape index (κ3) is 7.92. The Kier molecular flexibility index (Phi) is 10.4. The number of hydrogen-bond acceptors (Lipinski definition) is 9. The second kappa shape index (κ2) is 14.2. The van der Waals surface area contributed by atoms with E-state index in [2.05, 4.69) is 17.1 Å². The molecular formula is C30H35N5O7S. The molecule has 2 aromatic rings. The van der Waals surface area contributed by atoms with Crippen molar-refractivity contribution in [3.8, 4) is 5.75 Å². The van der Waals surface area contributed by atoms with E-state index < -0.39 is 28.6 Å². The fourth-order valence-electron chi connectivity index (χ4n) is 4.86. The third-order valence-electron chi connectivity index (χ3n) is 7.42. The number of nitro benzene ring substituents is 1. The Bertz CT molecular complexity index is 1430. The summed E-state index contributed by atoms with van der Waals surface area (Å²) < 4.78 is 5.88. The number of nitrogens with one attached hydrogen (secondary N) is 1. The summed E-state index contributed by atoms with van der Waals surface area (Å²) in [6.45, 7) is 8.11. The molecule has 0 unspecified atom stereocenters. The Hall–Kier alpha value is -4.39. The molecule has 0 saturated carbocycles. The van der Waals surface area contributed by atoms with E-state index in [9.17, 15) is 29.3 Å². The van der Waals surface area contributed by atoms with Gasteiger partial charge in [0.1, 0.15) is 12.3 Å². The molecule has 2 aliphatic rings. The van der Waals surface area contributed by atoms with Crippen LogP contribution in [0.1, 0.15) is 39.2 Å². The Morgan fingerprint density at radius 3 is 2.53 bits per heavy atom. The van der Waals surface area contributed by atoms with Crippen LogP contribution in [-0.2, 0) is 14.4 Å². The number of imide groups is 1. The lowest BCUT2D eigenvalue weighted by atomic mass is 9.99. The van der Waals surface area contributed by atoms with Crippen molar-refractivity contribution in [2.24, 2.45) is 5.92 Å².